The van der Waals surface area contributed by atoms with E-state index in [0.717, 1.165) is 0 Å². The Labute approximate surface area is 142 Å². The second kappa shape index (κ2) is 7.60. The highest BCUT2D eigenvalue weighted by Crippen LogP contribution is 2.25. The van der Waals surface area contributed by atoms with Crippen LogP contribution in [-0.2, 0) is 15.0 Å². The van der Waals surface area contributed by atoms with Crippen molar-refractivity contribution in [2.75, 3.05) is 19.6 Å². The van der Waals surface area contributed by atoms with E-state index >= 15 is 0 Å². The molecular formula is C19H25FN2O2. The molecule has 1 saturated heterocycles. The van der Waals surface area contributed by atoms with Crippen molar-refractivity contribution in [2.45, 2.75) is 32.1 Å². The van der Waals surface area contributed by atoms with Gasteiger partial charge in [-0.05, 0) is 30.5 Å². The number of piperidine rings is 1. The summed E-state index contributed by atoms with van der Waals surface area (Å²) < 4.78 is 14.0. The van der Waals surface area contributed by atoms with Gasteiger partial charge in [-0.1, -0.05) is 38.6 Å². The summed E-state index contributed by atoms with van der Waals surface area (Å²) in [5.74, 6) is -0.469. The summed E-state index contributed by atoms with van der Waals surface area (Å²) in [4.78, 5) is 25.6. The van der Waals surface area contributed by atoms with E-state index in [1.165, 1.54) is 12.1 Å². The Balaban J connectivity index is 1.88. The van der Waals surface area contributed by atoms with Crippen molar-refractivity contribution in [3.63, 3.8) is 0 Å². The molecular weight excluding hydrogens is 307 g/mol. The summed E-state index contributed by atoms with van der Waals surface area (Å²) in [6.45, 7) is 8.82. The van der Waals surface area contributed by atoms with E-state index < -0.39 is 5.41 Å². The molecule has 2 amide bonds. The van der Waals surface area contributed by atoms with E-state index in [0.29, 0.717) is 38.0 Å². The van der Waals surface area contributed by atoms with Gasteiger partial charge in [-0.2, -0.15) is 0 Å². The molecule has 0 aromatic heterocycles. The quantitative estimate of drug-likeness (QED) is 0.843. The number of benzene rings is 1. The molecule has 0 spiro atoms. The first-order valence-corrected chi connectivity index (χ1v) is 8.29. The molecule has 1 heterocycles. The average Bonchev–Trinajstić information content (AvgIpc) is 2.59. The molecule has 5 heteroatoms. The summed E-state index contributed by atoms with van der Waals surface area (Å²) in [5.41, 5.74) is 0.109. The zero-order valence-corrected chi connectivity index (χ0v) is 14.3. The first kappa shape index (κ1) is 18.2. The average molecular weight is 332 g/mol. The zero-order chi connectivity index (χ0) is 17.7. The number of amides is 2. The Kier molecular flexibility index (Phi) is 5.75. The van der Waals surface area contributed by atoms with Gasteiger partial charge in [-0.25, -0.2) is 4.39 Å². The standard InChI is InChI=1S/C19H25FN2O2/c1-4-17(23)22-11-9-14(10-12-22)18(24)21-13-19(2,3)15-7-5-6-8-16(15)20/h4-8,14H,1,9-13H2,2-3H3,(H,21,24). The lowest BCUT2D eigenvalue weighted by molar-refractivity contribution is -0.132. The lowest BCUT2D eigenvalue weighted by atomic mass is 9.84. The molecule has 0 unspecified atom stereocenters. The van der Waals surface area contributed by atoms with Crippen molar-refractivity contribution in [1.29, 1.82) is 0 Å². The van der Waals surface area contributed by atoms with Gasteiger partial charge in [-0.15, -0.1) is 0 Å². The molecule has 24 heavy (non-hydrogen) atoms. The second-order valence-corrected chi connectivity index (χ2v) is 6.89. The highest BCUT2D eigenvalue weighted by atomic mass is 19.1. The highest BCUT2D eigenvalue weighted by Gasteiger charge is 2.29. The Bertz CT molecular complexity index is 620. The third-order valence-corrected chi connectivity index (χ3v) is 4.66. The fourth-order valence-electron chi connectivity index (χ4n) is 3.05. The van der Waals surface area contributed by atoms with Crippen LogP contribution >= 0.6 is 0 Å². The monoisotopic (exact) mass is 332 g/mol. The first-order chi connectivity index (χ1) is 11.3. The minimum absolute atomic E-state index is 0.0230. The van der Waals surface area contributed by atoms with Gasteiger partial charge in [0, 0.05) is 31.0 Å². The Hall–Kier alpha value is -2.17. The molecule has 1 aliphatic rings. The van der Waals surface area contributed by atoms with Crippen LogP contribution in [0.5, 0.6) is 0 Å². The van der Waals surface area contributed by atoms with Gasteiger partial charge in [0.1, 0.15) is 5.82 Å². The molecule has 1 N–H and O–H groups in total. The smallest absolute Gasteiger partial charge is 0.245 e. The molecule has 0 atom stereocenters. The molecule has 1 fully saturated rings. The van der Waals surface area contributed by atoms with Gasteiger partial charge in [0.05, 0.1) is 0 Å². The maximum atomic E-state index is 14.0. The topological polar surface area (TPSA) is 49.4 Å². The first-order valence-electron chi connectivity index (χ1n) is 8.29. The summed E-state index contributed by atoms with van der Waals surface area (Å²) >= 11 is 0. The van der Waals surface area contributed by atoms with Crippen molar-refractivity contribution in [2.24, 2.45) is 5.92 Å². The molecule has 2 rings (SSSR count). The molecule has 1 aromatic rings. The highest BCUT2D eigenvalue weighted by molar-refractivity contribution is 5.87. The molecule has 130 valence electrons. The molecule has 1 aliphatic heterocycles. The van der Waals surface area contributed by atoms with Gasteiger partial charge in [0.2, 0.25) is 11.8 Å². The number of hydrogen-bond donors (Lipinski definition) is 1. The van der Waals surface area contributed by atoms with Crippen LogP contribution in [0.2, 0.25) is 0 Å². The fraction of sp³-hybridized carbons (Fsp3) is 0.474. The van der Waals surface area contributed by atoms with E-state index in [4.69, 9.17) is 0 Å². The number of carbonyl (C=O) groups excluding carboxylic acids is 2. The number of hydrogen-bond acceptors (Lipinski definition) is 2. The van der Waals surface area contributed by atoms with Crippen LogP contribution in [0.4, 0.5) is 4.39 Å². The van der Waals surface area contributed by atoms with E-state index in [2.05, 4.69) is 11.9 Å². The van der Waals surface area contributed by atoms with Gasteiger partial charge >= 0.3 is 0 Å². The minimum atomic E-state index is -0.486. The van der Waals surface area contributed by atoms with Crippen LogP contribution in [0, 0.1) is 11.7 Å². The lowest BCUT2D eigenvalue weighted by Gasteiger charge is -2.32. The summed E-state index contributed by atoms with van der Waals surface area (Å²) in [5, 5.41) is 2.95. The van der Waals surface area contributed by atoms with Gasteiger partial charge in [0.25, 0.3) is 0 Å². The lowest BCUT2D eigenvalue weighted by Crippen LogP contribution is -2.45. The predicted molar refractivity (Wildman–Crippen MR) is 91.9 cm³/mol. The van der Waals surface area contributed by atoms with Gasteiger partial charge in [-0.3, -0.25) is 9.59 Å². The minimum Gasteiger partial charge on any atom is -0.355 e. The van der Waals surface area contributed by atoms with E-state index in [1.54, 1.807) is 23.1 Å². The third kappa shape index (κ3) is 4.22. The van der Waals surface area contributed by atoms with Crippen LogP contribution in [0.15, 0.2) is 36.9 Å². The number of likely N-dealkylation sites (tertiary alicyclic amines) is 1. The number of rotatable bonds is 5. The van der Waals surface area contributed by atoms with Crippen molar-refractivity contribution in [3.05, 3.63) is 48.3 Å². The van der Waals surface area contributed by atoms with Crippen LogP contribution < -0.4 is 5.32 Å². The number of nitrogens with zero attached hydrogens (tertiary/aromatic N) is 1. The molecule has 0 saturated carbocycles. The van der Waals surface area contributed by atoms with Crippen molar-refractivity contribution < 1.29 is 14.0 Å². The maximum Gasteiger partial charge on any atom is 0.245 e. The van der Waals surface area contributed by atoms with Crippen molar-refractivity contribution >= 4 is 11.8 Å². The molecule has 1 aromatic carbocycles. The van der Waals surface area contributed by atoms with Crippen LogP contribution in [0.1, 0.15) is 32.3 Å². The molecule has 0 radical (unpaired) electrons. The summed E-state index contributed by atoms with van der Waals surface area (Å²) in [6.07, 6.45) is 2.59. The molecule has 0 aliphatic carbocycles. The Morgan fingerprint density at radius 2 is 1.96 bits per heavy atom. The Morgan fingerprint density at radius 3 is 2.54 bits per heavy atom. The number of nitrogens with one attached hydrogen (secondary N) is 1. The second-order valence-electron chi connectivity index (χ2n) is 6.89. The SMILES string of the molecule is C=CC(=O)N1CCC(C(=O)NCC(C)(C)c2ccccc2F)CC1. The van der Waals surface area contributed by atoms with E-state index in [-0.39, 0.29) is 23.5 Å². The van der Waals surface area contributed by atoms with E-state index in [1.807, 2.05) is 13.8 Å². The summed E-state index contributed by atoms with van der Waals surface area (Å²) in [7, 11) is 0. The largest absolute Gasteiger partial charge is 0.355 e. The maximum absolute atomic E-state index is 14.0. The molecule has 4 nitrogen and oxygen atoms in total. The van der Waals surface area contributed by atoms with Crippen LogP contribution in [0.25, 0.3) is 0 Å². The number of carbonyl (C=O) groups is 2. The van der Waals surface area contributed by atoms with Crippen molar-refractivity contribution in [3.8, 4) is 0 Å². The van der Waals surface area contributed by atoms with Crippen molar-refractivity contribution in [1.82, 2.24) is 10.2 Å². The van der Waals surface area contributed by atoms with E-state index in [9.17, 15) is 14.0 Å². The van der Waals surface area contributed by atoms with Gasteiger partial charge in [0.15, 0.2) is 0 Å². The molecule has 0 bridgehead atoms. The summed E-state index contributed by atoms with van der Waals surface area (Å²) in [6, 6.07) is 6.65. The Morgan fingerprint density at radius 1 is 1.33 bits per heavy atom. The van der Waals surface area contributed by atoms with Gasteiger partial charge < -0.3 is 10.2 Å². The van der Waals surface area contributed by atoms with Crippen LogP contribution in [0.3, 0.4) is 0 Å². The van der Waals surface area contributed by atoms with Crippen LogP contribution in [-0.4, -0.2) is 36.3 Å². The third-order valence-electron chi connectivity index (χ3n) is 4.66. The fourth-order valence-corrected chi connectivity index (χ4v) is 3.05. The number of halogens is 1. The normalized spacial score (nSPS) is 15.9. The predicted octanol–water partition coefficient (Wildman–Crippen LogP) is 2.64. The zero-order valence-electron chi connectivity index (χ0n) is 14.3.